The van der Waals surface area contributed by atoms with Gasteiger partial charge in [0.15, 0.2) is 0 Å². The van der Waals surface area contributed by atoms with Gasteiger partial charge in [-0.15, -0.1) is 0 Å². The van der Waals surface area contributed by atoms with E-state index in [1.807, 2.05) is 20.8 Å². The molecule has 0 aromatic heterocycles. The van der Waals surface area contributed by atoms with Crippen molar-refractivity contribution in [2.45, 2.75) is 44.9 Å². The molecule has 2 fully saturated rings. The van der Waals surface area contributed by atoms with Crippen molar-refractivity contribution in [1.82, 2.24) is 10.2 Å². The van der Waals surface area contributed by atoms with Gasteiger partial charge in [-0.3, -0.25) is 0 Å². The molecule has 1 atom stereocenters. The molecule has 2 aliphatic heterocycles. The first-order valence-electron chi connectivity index (χ1n) is 6.26. The third-order valence-electron chi connectivity index (χ3n) is 2.95. The van der Waals surface area contributed by atoms with Crippen LogP contribution in [0.25, 0.3) is 0 Å². The molecule has 1 N–H and O–H groups in total. The van der Waals surface area contributed by atoms with Crippen LogP contribution in [-0.2, 0) is 9.47 Å². The van der Waals surface area contributed by atoms with Gasteiger partial charge >= 0.3 is 6.09 Å². The number of likely N-dealkylation sites (tertiary alicyclic amines) is 1. The van der Waals surface area contributed by atoms with Gasteiger partial charge in [0.1, 0.15) is 5.60 Å². The van der Waals surface area contributed by atoms with Crippen molar-refractivity contribution >= 4 is 6.09 Å². The van der Waals surface area contributed by atoms with Crippen molar-refractivity contribution in [3.05, 3.63) is 0 Å². The van der Waals surface area contributed by atoms with Crippen LogP contribution in [0.3, 0.4) is 0 Å². The van der Waals surface area contributed by atoms with Crippen LogP contribution in [0.5, 0.6) is 0 Å². The molecule has 0 aliphatic carbocycles. The normalized spacial score (nSPS) is 25.8. The van der Waals surface area contributed by atoms with E-state index in [9.17, 15) is 4.79 Å². The van der Waals surface area contributed by atoms with Crippen molar-refractivity contribution in [3.8, 4) is 0 Å². The summed E-state index contributed by atoms with van der Waals surface area (Å²) >= 11 is 0. The SMILES string of the molecule is CC(C)(C)OC(=O)N1CC[C@@H](NC2COC2)C1. The lowest BCUT2D eigenvalue weighted by molar-refractivity contribution is -0.00986. The van der Waals surface area contributed by atoms with E-state index in [1.54, 1.807) is 4.90 Å². The average molecular weight is 242 g/mol. The lowest BCUT2D eigenvalue weighted by atomic mass is 10.2. The lowest BCUT2D eigenvalue weighted by Crippen LogP contribution is -2.51. The topological polar surface area (TPSA) is 50.8 Å². The number of nitrogens with one attached hydrogen (secondary N) is 1. The van der Waals surface area contributed by atoms with Gasteiger partial charge in [0.25, 0.3) is 0 Å². The second kappa shape index (κ2) is 4.82. The molecule has 0 bridgehead atoms. The zero-order chi connectivity index (χ0) is 12.5. The van der Waals surface area contributed by atoms with Gasteiger partial charge in [-0.2, -0.15) is 0 Å². The van der Waals surface area contributed by atoms with E-state index in [0.29, 0.717) is 12.1 Å². The standard InChI is InChI=1S/C12H22N2O3/c1-12(2,3)17-11(15)14-5-4-9(6-14)13-10-7-16-8-10/h9-10,13H,4-8H2,1-3H3/t9-/m1/s1. The zero-order valence-electron chi connectivity index (χ0n) is 10.9. The van der Waals surface area contributed by atoms with E-state index >= 15 is 0 Å². The summed E-state index contributed by atoms with van der Waals surface area (Å²) in [4.78, 5) is 13.6. The van der Waals surface area contributed by atoms with Gasteiger partial charge in [0.2, 0.25) is 0 Å². The number of carbonyl (C=O) groups excluding carboxylic acids is 1. The number of carbonyl (C=O) groups is 1. The monoisotopic (exact) mass is 242 g/mol. The second-order valence-electron chi connectivity index (χ2n) is 5.81. The minimum atomic E-state index is -0.412. The van der Waals surface area contributed by atoms with Crippen molar-refractivity contribution in [1.29, 1.82) is 0 Å². The van der Waals surface area contributed by atoms with Crippen LogP contribution in [0.4, 0.5) is 4.79 Å². The van der Waals surface area contributed by atoms with Crippen molar-refractivity contribution < 1.29 is 14.3 Å². The minimum absolute atomic E-state index is 0.202. The molecular formula is C12H22N2O3. The molecule has 5 heteroatoms. The summed E-state index contributed by atoms with van der Waals surface area (Å²) < 4.78 is 10.5. The Balaban J connectivity index is 1.74. The number of amides is 1. The van der Waals surface area contributed by atoms with Gasteiger partial charge in [0, 0.05) is 19.1 Å². The molecule has 2 saturated heterocycles. The molecule has 2 aliphatic rings. The smallest absolute Gasteiger partial charge is 0.410 e. The van der Waals surface area contributed by atoms with Crippen LogP contribution < -0.4 is 5.32 Å². The van der Waals surface area contributed by atoms with E-state index in [1.165, 1.54) is 0 Å². The maximum Gasteiger partial charge on any atom is 0.410 e. The highest BCUT2D eigenvalue weighted by atomic mass is 16.6. The summed E-state index contributed by atoms with van der Waals surface area (Å²) in [7, 11) is 0. The first-order chi connectivity index (χ1) is 7.94. The second-order valence-corrected chi connectivity index (χ2v) is 5.81. The fraction of sp³-hybridized carbons (Fsp3) is 0.917. The fourth-order valence-corrected chi connectivity index (χ4v) is 2.05. The molecule has 2 heterocycles. The number of rotatable bonds is 2. The molecule has 2 rings (SSSR count). The van der Waals surface area contributed by atoms with E-state index in [-0.39, 0.29) is 6.09 Å². The molecule has 0 unspecified atom stereocenters. The van der Waals surface area contributed by atoms with Crippen LogP contribution in [0, 0.1) is 0 Å². The number of hydrogen-bond acceptors (Lipinski definition) is 4. The Morgan fingerprint density at radius 2 is 2.06 bits per heavy atom. The predicted molar refractivity (Wildman–Crippen MR) is 64.0 cm³/mol. The first-order valence-corrected chi connectivity index (χ1v) is 6.26. The Morgan fingerprint density at radius 1 is 1.35 bits per heavy atom. The number of nitrogens with zero attached hydrogens (tertiary/aromatic N) is 1. The van der Waals surface area contributed by atoms with Crippen molar-refractivity contribution in [3.63, 3.8) is 0 Å². The third kappa shape index (κ3) is 3.57. The van der Waals surface area contributed by atoms with E-state index in [2.05, 4.69) is 5.32 Å². The average Bonchev–Trinajstić information content (AvgIpc) is 2.56. The number of hydrogen-bond donors (Lipinski definition) is 1. The summed E-state index contributed by atoms with van der Waals surface area (Å²) in [5.74, 6) is 0. The van der Waals surface area contributed by atoms with Gasteiger partial charge in [-0.1, -0.05) is 0 Å². The van der Waals surface area contributed by atoms with Gasteiger partial charge in [-0.25, -0.2) is 4.79 Å². The van der Waals surface area contributed by atoms with Crippen LogP contribution in [-0.4, -0.2) is 55.0 Å². The Kier molecular flexibility index (Phi) is 3.58. The molecule has 0 radical (unpaired) electrons. The predicted octanol–water partition coefficient (Wildman–Crippen LogP) is 0.984. The molecule has 0 aromatic carbocycles. The van der Waals surface area contributed by atoms with Gasteiger partial charge < -0.3 is 19.7 Å². The minimum Gasteiger partial charge on any atom is -0.444 e. The van der Waals surface area contributed by atoms with Crippen molar-refractivity contribution in [2.24, 2.45) is 0 Å². The maximum atomic E-state index is 11.8. The molecule has 98 valence electrons. The Hall–Kier alpha value is -0.810. The third-order valence-corrected chi connectivity index (χ3v) is 2.95. The summed E-state index contributed by atoms with van der Waals surface area (Å²) in [6.45, 7) is 8.78. The highest BCUT2D eigenvalue weighted by Crippen LogP contribution is 2.16. The van der Waals surface area contributed by atoms with Gasteiger partial charge in [-0.05, 0) is 27.2 Å². The Labute approximate surface area is 102 Å². The molecular weight excluding hydrogens is 220 g/mol. The molecule has 17 heavy (non-hydrogen) atoms. The summed E-state index contributed by atoms with van der Waals surface area (Å²) in [5, 5.41) is 3.49. The van der Waals surface area contributed by atoms with E-state index in [0.717, 1.165) is 32.7 Å². The van der Waals surface area contributed by atoms with Gasteiger partial charge in [0.05, 0.1) is 19.3 Å². The lowest BCUT2D eigenvalue weighted by Gasteiger charge is -2.30. The van der Waals surface area contributed by atoms with Crippen LogP contribution in [0.1, 0.15) is 27.2 Å². The Bertz CT molecular complexity index is 284. The van der Waals surface area contributed by atoms with Crippen LogP contribution in [0.15, 0.2) is 0 Å². The summed E-state index contributed by atoms with van der Waals surface area (Å²) in [5.41, 5.74) is -0.412. The van der Waals surface area contributed by atoms with E-state index in [4.69, 9.17) is 9.47 Å². The summed E-state index contributed by atoms with van der Waals surface area (Å²) in [6.07, 6.45) is 0.794. The largest absolute Gasteiger partial charge is 0.444 e. The maximum absolute atomic E-state index is 11.8. The molecule has 0 aromatic rings. The highest BCUT2D eigenvalue weighted by Gasteiger charge is 2.31. The Morgan fingerprint density at radius 3 is 2.59 bits per heavy atom. The molecule has 0 spiro atoms. The molecule has 0 saturated carbocycles. The highest BCUT2D eigenvalue weighted by molar-refractivity contribution is 5.68. The van der Waals surface area contributed by atoms with Crippen molar-refractivity contribution in [2.75, 3.05) is 26.3 Å². The summed E-state index contributed by atoms with van der Waals surface area (Å²) in [6, 6.07) is 0.856. The number of ether oxygens (including phenoxy) is 2. The zero-order valence-corrected chi connectivity index (χ0v) is 10.9. The molecule has 5 nitrogen and oxygen atoms in total. The molecule has 1 amide bonds. The van der Waals surface area contributed by atoms with Crippen LogP contribution in [0.2, 0.25) is 0 Å². The quantitative estimate of drug-likeness (QED) is 0.784. The van der Waals surface area contributed by atoms with Crippen LogP contribution >= 0.6 is 0 Å². The first kappa shape index (κ1) is 12.6. The van der Waals surface area contributed by atoms with E-state index < -0.39 is 5.60 Å². The fourth-order valence-electron chi connectivity index (χ4n) is 2.05.